The zero-order valence-electron chi connectivity index (χ0n) is 16.0. The molecule has 0 saturated heterocycles. The van der Waals surface area contributed by atoms with Crippen molar-refractivity contribution in [3.8, 4) is 11.4 Å². The van der Waals surface area contributed by atoms with Crippen LogP contribution in [-0.2, 0) is 18.9 Å². The highest BCUT2D eigenvalue weighted by Gasteiger charge is 2.27. The van der Waals surface area contributed by atoms with Gasteiger partial charge in [-0.15, -0.1) is 0 Å². The van der Waals surface area contributed by atoms with E-state index in [1.807, 2.05) is 12.1 Å². The van der Waals surface area contributed by atoms with Gasteiger partial charge >= 0.3 is 5.69 Å². The number of benzene rings is 1. The highest BCUT2D eigenvalue weighted by atomic mass is 16.2. The van der Waals surface area contributed by atoms with Gasteiger partial charge in [-0.2, -0.15) is 5.10 Å². The van der Waals surface area contributed by atoms with Crippen LogP contribution in [0.3, 0.4) is 0 Å². The van der Waals surface area contributed by atoms with Crippen molar-refractivity contribution in [3.05, 3.63) is 68.8 Å². The van der Waals surface area contributed by atoms with Gasteiger partial charge in [0.05, 0.1) is 5.56 Å². The molecule has 0 unspecified atom stereocenters. The molecule has 0 spiro atoms. The number of aromatic amines is 1. The maximum Gasteiger partial charge on any atom is 0.330 e. The number of amides is 1. The average molecular weight is 392 g/mol. The lowest BCUT2D eigenvalue weighted by Gasteiger charge is -2.04. The van der Waals surface area contributed by atoms with Crippen molar-refractivity contribution in [2.24, 2.45) is 14.1 Å². The van der Waals surface area contributed by atoms with Crippen LogP contribution in [0.4, 0.5) is 5.69 Å². The molecule has 9 nitrogen and oxygen atoms in total. The Hall–Kier alpha value is -3.75. The van der Waals surface area contributed by atoms with Gasteiger partial charge in [0.25, 0.3) is 5.56 Å². The summed E-state index contributed by atoms with van der Waals surface area (Å²) in [6, 6.07) is 7.20. The number of H-pyrrole nitrogens is 1. The average Bonchev–Trinajstić information content (AvgIpc) is 3.45. The van der Waals surface area contributed by atoms with Crippen LogP contribution in [0.15, 0.2) is 46.1 Å². The lowest BCUT2D eigenvalue weighted by Crippen LogP contribution is -2.37. The van der Waals surface area contributed by atoms with Gasteiger partial charge in [-0.3, -0.25) is 19.3 Å². The molecular formula is C20H20N6O3. The van der Waals surface area contributed by atoms with E-state index in [0.717, 1.165) is 28.8 Å². The minimum absolute atomic E-state index is 0.246. The molecule has 0 radical (unpaired) electrons. The van der Waals surface area contributed by atoms with Gasteiger partial charge in [0.15, 0.2) is 5.82 Å². The van der Waals surface area contributed by atoms with Crippen molar-refractivity contribution in [1.29, 1.82) is 0 Å². The zero-order valence-corrected chi connectivity index (χ0v) is 16.0. The molecule has 148 valence electrons. The lowest BCUT2D eigenvalue weighted by molar-refractivity contribution is -0.111. The summed E-state index contributed by atoms with van der Waals surface area (Å²) < 4.78 is 2.28. The molecule has 1 fully saturated rings. The molecule has 9 heteroatoms. The van der Waals surface area contributed by atoms with Crippen molar-refractivity contribution in [2.75, 3.05) is 5.32 Å². The molecule has 1 saturated carbocycles. The fourth-order valence-electron chi connectivity index (χ4n) is 2.95. The molecule has 2 N–H and O–H groups in total. The Morgan fingerprint density at radius 1 is 1.21 bits per heavy atom. The first-order valence-electron chi connectivity index (χ1n) is 9.21. The molecule has 2 heterocycles. The number of nitrogens with zero attached hydrogens (tertiary/aromatic N) is 4. The molecule has 1 aromatic carbocycles. The van der Waals surface area contributed by atoms with Gasteiger partial charge in [0.1, 0.15) is 5.82 Å². The fourth-order valence-corrected chi connectivity index (χ4v) is 2.95. The molecule has 0 bridgehead atoms. The summed E-state index contributed by atoms with van der Waals surface area (Å²) in [6.07, 6.45) is 6.35. The molecule has 2 aromatic heterocycles. The van der Waals surface area contributed by atoms with Crippen LogP contribution in [0.5, 0.6) is 0 Å². The molecule has 0 aliphatic heterocycles. The van der Waals surface area contributed by atoms with E-state index in [0.29, 0.717) is 17.4 Å². The second-order valence-corrected chi connectivity index (χ2v) is 7.06. The number of hydrogen-bond acceptors (Lipinski definition) is 5. The van der Waals surface area contributed by atoms with Crippen LogP contribution in [0.25, 0.3) is 17.5 Å². The highest BCUT2D eigenvalue weighted by molar-refractivity contribution is 6.01. The first-order valence-corrected chi connectivity index (χ1v) is 9.21. The van der Waals surface area contributed by atoms with Crippen molar-refractivity contribution >= 4 is 17.7 Å². The first-order chi connectivity index (χ1) is 13.9. The third kappa shape index (κ3) is 3.93. The summed E-state index contributed by atoms with van der Waals surface area (Å²) in [5.74, 6) is 1.68. The Balaban J connectivity index is 1.44. The van der Waals surface area contributed by atoms with E-state index in [4.69, 9.17) is 0 Å². The van der Waals surface area contributed by atoms with E-state index in [2.05, 4.69) is 20.5 Å². The SMILES string of the molecule is Cn1cc(/C=C/C(=O)Nc2ccc(-c3n[nH]c(C4CC4)n3)cc2)c(=O)n(C)c1=O. The highest BCUT2D eigenvalue weighted by Crippen LogP contribution is 2.38. The van der Waals surface area contributed by atoms with Crippen LogP contribution in [0, 0.1) is 0 Å². The van der Waals surface area contributed by atoms with Crippen LogP contribution in [0.2, 0.25) is 0 Å². The Kier molecular flexibility index (Phi) is 4.71. The van der Waals surface area contributed by atoms with Gasteiger partial charge in [0.2, 0.25) is 5.91 Å². The third-order valence-corrected chi connectivity index (χ3v) is 4.76. The summed E-state index contributed by atoms with van der Waals surface area (Å²) in [6.45, 7) is 0. The smallest absolute Gasteiger partial charge is 0.323 e. The summed E-state index contributed by atoms with van der Waals surface area (Å²) >= 11 is 0. The van der Waals surface area contributed by atoms with E-state index >= 15 is 0 Å². The molecule has 4 rings (SSSR count). The van der Waals surface area contributed by atoms with E-state index in [1.54, 1.807) is 19.2 Å². The zero-order chi connectivity index (χ0) is 20.5. The molecule has 1 aliphatic rings. The number of nitrogens with one attached hydrogen (secondary N) is 2. The predicted octanol–water partition coefficient (Wildman–Crippen LogP) is 1.40. The van der Waals surface area contributed by atoms with Gasteiger partial charge in [-0.1, -0.05) is 0 Å². The van der Waals surface area contributed by atoms with E-state index in [1.165, 1.54) is 30.0 Å². The van der Waals surface area contributed by atoms with E-state index in [9.17, 15) is 14.4 Å². The standard InChI is InChI=1S/C20H20N6O3/c1-25-11-14(19(28)26(2)20(25)29)7-10-16(27)21-15-8-5-13(6-9-15)18-22-17(23-24-18)12-3-4-12/h5-12H,3-4H2,1-2H3,(H,21,27)(H,22,23,24)/b10-7+. The number of hydrogen-bond donors (Lipinski definition) is 2. The number of rotatable bonds is 5. The predicted molar refractivity (Wildman–Crippen MR) is 108 cm³/mol. The second kappa shape index (κ2) is 7.34. The lowest BCUT2D eigenvalue weighted by atomic mass is 10.2. The number of carbonyl (C=O) groups is 1. The molecular weight excluding hydrogens is 372 g/mol. The summed E-state index contributed by atoms with van der Waals surface area (Å²) in [5.41, 5.74) is 0.826. The van der Waals surface area contributed by atoms with Gasteiger partial charge in [-0.25, -0.2) is 9.78 Å². The van der Waals surface area contributed by atoms with Crippen molar-refractivity contribution in [2.45, 2.75) is 18.8 Å². The minimum Gasteiger partial charge on any atom is -0.323 e. The van der Waals surface area contributed by atoms with Crippen molar-refractivity contribution in [3.63, 3.8) is 0 Å². The molecule has 1 amide bonds. The molecule has 29 heavy (non-hydrogen) atoms. The molecule has 0 atom stereocenters. The van der Waals surface area contributed by atoms with Gasteiger partial charge in [0, 0.05) is 43.5 Å². The fraction of sp³-hybridized carbons (Fsp3) is 0.250. The normalized spacial score (nSPS) is 13.7. The van der Waals surface area contributed by atoms with Crippen LogP contribution in [0.1, 0.15) is 30.1 Å². The maximum atomic E-state index is 12.2. The summed E-state index contributed by atoms with van der Waals surface area (Å²) in [4.78, 5) is 40.5. The Labute approximate surface area is 165 Å². The monoisotopic (exact) mass is 392 g/mol. The topological polar surface area (TPSA) is 115 Å². The second-order valence-electron chi connectivity index (χ2n) is 7.06. The quantitative estimate of drug-likeness (QED) is 0.637. The van der Waals surface area contributed by atoms with Crippen molar-refractivity contribution in [1.82, 2.24) is 24.3 Å². The third-order valence-electron chi connectivity index (χ3n) is 4.76. The Bertz CT molecular complexity index is 1210. The van der Waals surface area contributed by atoms with E-state index < -0.39 is 11.2 Å². The largest absolute Gasteiger partial charge is 0.330 e. The van der Waals surface area contributed by atoms with Crippen LogP contribution < -0.4 is 16.6 Å². The number of aromatic nitrogens is 5. The van der Waals surface area contributed by atoms with Gasteiger partial charge in [-0.05, 0) is 43.2 Å². The van der Waals surface area contributed by atoms with E-state index in [-0.39, 0.29) is 11.5 Å². The summed E-state index contributed by atoms with van der Waals surface area (Å²) in [5, 5.41) is 9.94. The van der Waals surface area contributed by atoms with Crippen LogP contribution >= 0.6 is 0 Å². The number of aryl methyl sites for hydroxylation is 1. The van der Waals surface area contributed by atoms with Crippen LogP contribution in [-0.4, -0.2) is 30.2 Å². The Morgan fingerprint density at radius 3 is 2.62 bits per heavy atom. The Morgan fingerprint density at radius 2 is 1.93 bits per heavy atom. The molecule has 3 aromatic rings. The maximum absolute atomic E-state index is 12.2. The molecule has 1 aliphatic carbocycles. The van der Waals surface area contributed by atoms with Crippen molar-refractivity contribution < 1.29 is 4.79 Å². The summed E-state index contributed by atoms with van der Waals surface area (Å²) in [7, 11) is 2.94. The first kappa shape index (κ1) is 18.6. The minimum atomic E-state index is -0.460. The number of anilines is 1. The number of carbonyl (C=O) groups excluding carboxylic acids is 1. The van der Waals surface area contributed by atoms with Gasteiger partial charge < -0.3 is 9.88 Å².